The molecule has 0 bridgehead atoms. The van der Waals surface area contributed by atoms with Crippen LogP contribution in [-0.2, 0) is 12.4 Å². The second-order valence-electron chi connectivity index (χ2n) is 5.58. The van der Waals surface area contributed by atoms with Gasteiger partial charge in [0, 0.05) is 31.7 Å². The first kappa shape index (κ1) is 19.5. The molecule has 138 valence electrons. The van der Waals surface area contributed by atoms with E-state index in [1.54, 1.807) is 6.07 Å². The van der Waals surface area contributed by atoms with Crippen molar-refractivity contribution in [3.8, 4) is 6.07 Å². The van der Waals surface area contributed by atoms with Gasteiger partial charge in [0.1, 0.15) is 5.82 Å². The molecule has 1 saturated heterocycles. The zero-order valence-electron chi connectivity index (χ0n) is 12.8. The number of hydrogen-bond donors (Lipinski definition) is 1. The predicted molar refractivity (Wildman–Crippen MR) is 73.8 cm³/mol. The number of alkyl halides is 6. The van der Waals surface area contributed by atoms with E-state index < -0.39 is 47.3 Å². The van der Waals surface area contributed by atoms with E-state index in [0.717, 1.165) is 0 Å². The first-order valence-electron chi connectivity index (χ1n) is 7.35. The number of nitrogens with one attached hydrogen (secondary N) is 1. The Hall–Kier alpha value is -1.86. The summed E-state index contributed by atoms with van der Waals surface area (Å²) in [6.45, 7) is 1.35. The van der Waals surface area contributed by atoms with Gasteiger partial charge >= 0.3 is 12.4 Å². The minimum atomic E-state index is -5.18. The van der Waals surface area contributed by atoms with E-state index in [2.05, 4.69) is 5.32 Å². The van der Waals surface area contributed by atoms with Crippen LogP contribution >= 0.6 is 0 Å². The van der Waals surface area contributed by atoms with Gasteiger partial charge in [-0.15, -0.1) is 0 Å². The molecule has 0 radical (unpaired) electrons. The number of piperazine rings is 1. The fourth-order valence-corrected chi connectivity index (χ4v) is 2.85. The van der Waals surface area contributed by atoms with E-state index in [9.17, 15) is 30.7 Å². The van der Waals surface area contributed by atoms with Crippen molar-refractivity contribution in [1.82, 2.24) is 10.2 Å². The Bertz CT molecular complexity index is 655. The maximum Gasteiger partial charge on any atom is 0.416 e. The quantitative estimate of drug-likeness (QED) is 0.826. The molecule has 1 heterocycles. The van der Waals surface area contributed by atoms with Crippen LogP contribution in [0.25, 0.3) is 0 Å². The molecule has 1 atom stereocenters. The number of halogens is 7. The molecule has 1 fully saturated rings. The number of hydrogen-bond acceptors (Lipinski definition) is 3. The highest BCUT2D eigenvalue weighted by Gasteiger charge is 2.42. The smallest absolute Gasteiger partial charge is 0.314 e. The van der Waals surface area contributed by atoms with Crippen molar-refractivity contribution in [3.05, 3.63) is 34.6 Å². The van der Waals surface area contributed by atoms with Gasteiger partial charge in [0.05, 0.1) is 29.7 Å². The molecular weight excluding hydrogens is 355 g/mol. The van der Waals surface area contributed by atoms with Crippen molar-refractivity contribution < 1.29 is 30.7 Å². The second kappa shape index (κ2) is 7.17. The van der Waals surface area contributed by atoms with E-state index in [4.69, 9.17) is 5.26 Å². The number of rotatable bonds is 3. The fourth-order valence-electron chi connectivity index (χ4n) is 2.85. The highest BCUT2D eigenvalue weighted by Crippen LogP contribution is 2.42. The topological polar surface area (TPSA) is 39.1 Å². The largest absolute Gasteiger partial charge is 0.416 e. The minimum absolute atomic E-state index is 0.0527. The predicted octanol–water partition coefficient (Wildman–Crippen LogP) is 3.72. The molecule has 3 nitrogen and oxygen atoms in total. The molecule has 1 aromatic rings. The Morgan fingerprint density at radius 2 is 1.68 bits per heavy atom. The lowest BCUT2D eigenvalue weighted by Crippen LogP contribution is -2.45. The van der Waals surface area contributed by atoms with Gasteiger partial charge in [-0.05, 0) is 12.1 Å². The molecule has 10 heteroatoms. The van der Waals surface area contributed by atoms with Crippen LogP contribution in [0.15, 0.2) is 12.1 Å². The molecule has 25 heavy (non-hydrogen) atoms. The molecule has 0 aromatic heterocycles. The maximum absolute atomic E-state index is 14.3. The Morgan fingerprint density at radius 1 is 1.08 bits per heavy atom. The average Bonchev–Trinajstić information content (AvgIpc) is 2.51. The van der Waals surface area contributed by atoms with Crippen LogP contribution in [0.3, 0.4) is 0 Å². The second-order valence-corrected chi connectivity index (χ2v) is 5.58. The molecule has 0 amide bonds. The van der Waals surface area contributed by atoms with Crippen LogP contribution in [0.4, 0.5) is 30.7 Å². The van der Waals surface area contributed by atoms with Gasteiger partial charge in [-0.25, -0.2) is 4.39 Å². The molecule has 0 saturated carbocycles. The molecule has 1 aliphatic heterocycles. The first-order chi connectivity index (χ1) is 11.6. The van der Waals surface area contributed by atoms with Crippen LogP contribution in [-0.4, -0.2) is 31.1 Å². The summed E-state index contributed by atoms with van der Waals surface area (Å²) in [5.74, 6) is -1.61. The Balaban J connectivity index is 2.62. The molecule has 0 aliphatic carbocycles. The number of nitrogens with zero attached hydrogens (tertiary/aromatic N) is 2. The van der Waals surface area contributed by atoms with E-state index in [1.165, 1.54) is 4.90 Å². The van der Waals surface area contributed by atoms with Crippen molar-refractivity contribution in [2.45, 2.75) is 24.8 Å². The summed E-state index contributed by atoms with van der Waals surface area (Å²) in [5, 5.41) is 11.9. The van der Waals surface area contributed by atoms with Crippen LogP contribution in [0.1, 0.15) is 29.2 Å². The number of benzene rings is 1. The normalized spacial score (nSPS) is 18.0. The van der Waals surface area contributed by atoms with Crippen molar-refractivity contribution in [2.24, 2.45) is 0 Å². The summed E-state index contributed by atoms with van der Waals surface area (Å²) in [6, 6.07) is 0.384. The van der Waals surface area contributed by atoms with Gasteiger partial charge in [0.25, 0.3) is 0 Å². The van der Waals surface area contributed by atoms with Crippen molar-refractivity contribution in [3.63, 3.8) is 0 Å². The van der Waals surface area contributed by atoms with Crippen LogP contribution < -0.4 is 5.32 Å². The minimum Gasteiger partial charge on any atom is -0.314 e. The lowest BCUT2D eigenvalue weighted by atomic mass is 9.93. The summed E-state index contributed by atoms with van der Waals surface area (Å²) in [6.07, 6.45) is -10.8. The summed E-state index contributed by atoms with van der Waals surface area (Å²) in [5.41, 5.74) is -4.32. The van der Waals surface area contributed by atoms with Crippen LogP contribution in [0, 0.1) is 17.1 Å². The Morgan fingerprint density at radius 3 is 2.16 bits per heavy atom. The molecule has 2 rings (SSSR count). The van der Waals surface area contributed by atoms with Gasteiger partial charge in [-0.3, -0.25) is 4.90 Å². The van der Waals surface area contributed by atoms with E-state index in [0.29, 0.717) is 13.1 Å². The molecule has 0 unspecified atom stereocenters. The van der Waals surface area contributed by atoms with E-state index in [-0.39, 0.29) is 25.2 Å². The third-order valence-corrected chi connectivity index (χ3v) is 3.97. The zero-order chi connectivity index (χ0) is 18.8. The lowest BCUT2D eigenvalue weighted by molar-refractivity contribution is -0.144. The van der Waals surface area contributed by atoms with Gasteiger partial charge in [0.2, 0.25) is 0 Å². The Labute approximate surface area is 139 Å². The molecule has 1 N–H and O–H groups in total. The third-order valence-electron chi connectivity index (χ3n) is 3.97. The van der Waals surface area contributed by atoms with Crippen molar-refractivity contribution in [1.29, 1.82) is 5.26 Å². The van der Waals surface area contributed by atoms with Gasteiger partial charge in [0.15, 0.2) is 0 Å². The van der Waals surface area contributed by atoms with Crippen molar-refractivity contribution in [2.75, 3.05) is 26.2 Å². The molecule has 1 aromatic carbocycles. The molecule has 0 spiro atoms. The highest BCUT2D eigenvalue weighted by atomic mass is 19.4. The summed E-state index contributed by atoms with van der Waals surface area (Å²) < 4.78 is 92.6. The van der Waals surface area contributed by atoms with Crippen LogP contribution in [0.2, 0.25) is 0 Å². The van der Waals surface area contributed by atoms with Crippen LogP contribution in [0.5, 0.6) is 0 Å². The maximum atomic E-state index is 14.3. The summed E-state index contributed by atoms with van der Waals surface area (Å²) in [4.78, 5) is 1.47. The SMILES string of the molecule is N#CC[C@H](c1c(F)cc(C(F)(F)F)cc1C(F)(F)F)N1CCNCC1. The lowest BCUT2D eigenvalue weighted by Gasteiger charge is -2.35. The van der Waals surface area contributed by atoms with E-state index in [1.807, 2.05) is 0 Å². The number of nitriles is 1. The average molecular weight is 369 g/mol. The Kier molecular flexibility index (Phi) is 5.58. The summed E-state index contributed by atoms with van der Waals surface area (Å²) >= 11 is 0. The standard InChI is InChI=1S/C15H14F7N3/c16-11-8-9(14(17,18)19)7-10(15(20,21)22)13(11)12(1-2-23)25-5-3-24-4-6-25/h7-8,12,24H,1,3-6H2/t12-/m1/s1. The fraction of sp³-hybridized carbons (Fsp3) is 0.533. The summed E-state index contributed by atoms with van der Waals surface area (Å²) in [7, 11) is 0. The first-order valence-corrected chi connectivity index (χ1v) is 7.35. The van der Waals surface area contributed by atoms with Gasteiger partial charge in [-0.2, -0.15) is 31.6 Å². The van der Waals surface area contributed by atoms with Gasteiger partial charge < -0.3 is 5.32 Å². The van der Waals surface area contributed by atoms with Gasteiger partial charge in [-0.1, -0.05) is 0 Å². The van der Waals surface area contributed by atoms with Crippen molar-refractivity contribution >= 4 is 0 Å². The third kappa shape index (κ3) is 4.41. The zero-order valence-corrected chi connectivity index (χ0v) is 12.8. The highest BCUT2D eigenvalue weighted by molar-refractivity contribution is 5.39. The monoisotopic (exact) mass is 369 g/mol. The van der Waals surface area contributed by atoms with E-state index >= 15 is 0 Å². The molecular formula is C15H14F7N3. The molecule has 1 aliphatic rings.